The van der Waals surface area contributed by atoms with Gasteiger partial charge in [-0.1, -0.05) is 12.1 Å². The number of aryl methyl sites for hydroxylation is 1. The summed E-state index contributed by atoms with van der Waals surface area (Å²) in [5.41, 5.74) is 7.71. The smallest absolute Gasteiger partial charge is 0.0314 e. The van der Waals surface area contributed by atoms with E-state index in [0.717, 1.165) is 18.8 Å². The zero-order valence-electron chi connectivity index (χ0n) is 9.36. The van der Waals surface area contributed by atoms with Crippen molar-refractivity contribution in [3.8, 4) is 0 Å². The van der Waals surface area contributed by atoms with E-state index in [4.69, 9.17) is 5.73 Å². The number of hydrogen-bond acceptors (Lipinski definition) is 3. The Kier molecular flexibility index (Phi) is 3.59. The summed E-state index contributed by atoms with van der Waals surface area (Å²) in [7, 11) is 0. The summed E-state index contributed by atoms with van der Waals surface area (Å²) in [5, 5.41) is 3.42. The van der Waals surface area contributed by atoms with Gasteiger partial charge in [0.25, 0.3) is 0 Å². The van der Waals surface area contributed by atoms with Crippen LogP contribution in [0.15, 0.2) is 36.4 Å². The van der Waals surface area contributed by atoms with Gasteiger partial charge < -0.3 is 11.1 Å². The second-order valence-electron chi connectivity index (χ2n) is 3.86. The lowest BCUT2D eigenvalue weighted by atomic mass is 10.2. The zero-order chi connectivity index (χ0) is 11.4. The van der Waals surface area contributed by atoms with Gasteiger partial charge in [0.15, 0.2) is 0 Å². The fourth-order valence-electron chi connectivity index (χ4n) is 1.55. The molecular formula is C13H16N2S. The van der Waals surface area contributed by atoms with Crippen molar-refractivity contribution in [2.24, 2.45) is 0 Å². The number of nitrogen functional groups attached to an aromatic ring is 1. The highest BCUT2D eigenvalue weighted by atomic mass is 32.1. The molecule has 0 aliphatic rings. The topological polar surface area (TPSA) is 38.0 Å². The SMILES string of the molecule is Cc1ccc(CNCc2ccc(N)cc2)s1. The monoisotopic (exact) mass is 232 g/mol. The van der Waals surface area contributed by atoms with Gasteiger partial charge in [-0.25, -0.2) is 0 Å². The summed E-state index contributed by atoms with van der Waals surface area (Å²) in [6.07, 6.45) is 0. The number of nitrogens with two attached hydrogens (primary N) is 1. The quantitative estimate of drug-likeness (QED) is 0.795. The van der Waals surface area contributed by atoms with Gasteiger partial charge in [-0.3, -0.25) is 0 Å². The van der Waals surface area contributed by atoms with Crippen LogP contribution in [0, 0.1) is 6.92 Å². The van der Waals surface area contributed by atoms with E-state index in [0.29, 0.717) is 0 Å². The van der Waals surface area contributed by atoms with E-state index in [2.05, 4.69) is 36.5 Å². The molecule has 3 heteroatoms. The largest absolute Gasteiger partial charge is 0.399 e. The van der Waals surface area contributed by atoms with Crippen LogP contribution >= 0.6 is 11.3 Å². The van der Waals surface area contributed by atoms with Gasteiger partial charge in [-0.2, -0.15) is 0 Å². The molecule has 2 rings (SSSR count). The molecule has 0 saturated carbocycles. The van der Waals surface area contributed by atoms with Crippen molar-refractivity contribution in [1.29, 1.82) is 0 Å². The summed E-state index contributed by atoms with van der Waals surface area (Å²) < 4.78 is 0. The Hall–Kier alpha value is -1.32. The number of anilines is 1. The van der Waals surface area contributed by atoms with Crippen molar-refractivity contribution >= 4 is 17.0 Å². The molecule has 1 heterocycles. The van der Waals surface area contributed by atoms with Crippen molar-refractivity contribution in [2.75, 3.05) is 5.73 Å². The van der Waals surface area contributed by atoms with Crippen LogP contribution in [0.3, 0.4) is 0 Å². The fourth-order valence-corrected chi connectivity index (χ4v) is 2.41. The third-order valence-electron chi connectivity index (χ3n) is 2.40. The minimum absolute atomic E-state index is 0.817. The molecule has 0 radical (unpaired) electrons. The number of hydrogen-bond donors (Lipinski definition) is 2. The average Bonchev–Trinajstić information content (AvgIpc) is 2.67. The summed E-state index contributed by atoms with van der Waals surface area (Å²) >= 11 is 1.84. The van der Waals surface area contributed by atoms with Crippen molar-refractivity contribution in [3.63, 3.8) is 0 Å². The minimum Gasteiger partial charge on any atom is -0.399 e. The molecule has 84 valence electrons. The van der Waals surface area contributed by atoms with E-state index in [-0.39, 0.29) is 0 Å². The summed E-state index contributed by atoms with van der Waals surface area (Å²) in [4.78, 5) is 2.75. The molecule has 2 nitrogen and oxygen atoms in total. The molecule has 0 bridgehead atoms. The predicted octanol–water partition coefficient (Wildman–Crippen LogP) is 2.93. The van der Waals surface area contributed by atoms with Crippen LogP contribution in [-0.4, -0.2) is 0 Å². The first kappa shape index (κ1) is 11.2. The summed E-state index contributed by atoms with van der Waals surface area (Å²) in [6.45, 7) is 3.95. The Bertz CT molecular complexity index is 445. The molecule has 0 spiro atoms. The standard InChI is InChI=1S/C13H16N2S/c1-10-2-7-13(16-10)9-15-8-11-3-5-12(14)6-4-11/h2-7,15H,8-9,14H2,1H3. The molecule has 3 N–H and O–H groups in total. The Labute approximate surface area is 100 Å². The van der Waals surface area contributed by atoms with Crippen molar-refractivity contribution in [1.82, 2.24) is 5.32 Å². The molecule has 0 unspecified atom stereocenters. The first-order valence-electron chi connectivity index (χ1n) is 5.34. The highest BCUT2D eigenvalue weighted by molar-refractivity contribution is 7.11. The maximum atomic E-state index is 5.63. The van der Waals surface area contributed by atoms with Crippen LogP contribution in [0.2, 0.25) is 0 Å². The third-order valence-corrected chi connectivity index (χ3v) is 3.40. The van der Waals surface area contributed by atoms with E-state index in [1.165, 1.54) is 15.3 Å². The van der Waals surface area contributed by atoms with Gasteiger partial charge in [-0.05, 0) is 36.8 Å². The van der Waals surface area contributed by atoms with Crippen LogP contribution in [0.5, 0.6) is 0 Å². The van der Waals surface area contributed by atoms with Crippen LogP contribution < -0.4 is 11.1 Å². The van der Waals surface area contributed by atoms with E-state index in [9.17, 15) is 0 Å². The molecule has 0 fully saturated rings. The first-order chi connectivity index (χ1) is 7.74. The molecule has 16 heavy (non-hydrogen) atoms. The summed E-state index contributed by atoms with van der Waals surface area (Å²) in [5.74, 6) is 0. The second-order valence-corrected chi connectivity index (χ2v) is 5.23. The Morgan fingerprint density at radius 1 is 1.06 bits per heavy atom. The minimum atomic E-state index is 0.817. The van der Waals surface area contributed by atoms with Gasteiger partial charge in [0.1, 0.15) is 0 Å². The van der Waals surface area contributed by atoms with Gasteiger partial charge >= 0.3 is 0 Å². The van der Waals surface area contributed by atoms with Crippen LogP contribution in [0.4, 0.5) is 5.69 Å². The zero-order valence-corrected chi connectivity index (χ0v) is 10.2. The number of thiophene rings is 1. The lowest BCUT2D eigenvalue weighted by Gasteiger charge is -2.03. The molecule has 2 aromatic rings. The fraction of sp³-hybridized carbons (Fsp3) is 0.231. The van der Waals surface area contributed by atoms with Gasteiger partial charge in [-0.15, -0.1) is 11.3 Å². The van der Waals surface area contributed by atoms with Crippen molar-refractivity contribution in [2.45, 2.75) is 20.0 Å². The van der Waals surface area contributed by atoms with E-state index in [1.54, 1.807) is 0 Å². The maximum Gasteiger partial charge on any atom is 0.0314 e. The molecule has 0 aliphatic carbocycles. The Morgan fingerprint density at radius 2 is 1.81 bits per heavy atom. The van der Waals surface area contributed by atoms with E-state index >= 15 is 0 Å². The van der Waals surface area contributed by atoms with Crippen LogP contribution in [0.25, 0.3) is 0 Å². The number of benzene rings is 1. The lowest BCUT2D eigenvalue weighted by Crippen LogP contribution is -2.11. The van der Waals surface area contributed by atoms with Gasteiger partial charge in [0, 0.05) is 28.5 Å². The molecule has 0 amide bonds. The van der Waals surface area contributed by atoms with E-state index < -0.39 is 0 Å². The Morgan fingerprint density at radius 3 is 2.44 bits per heavy atom. The number of nitrogens with one attached hydrogen (secondary N) is 1. The predicted molar refractivity (Wildman–Crippen MR) is 70.5 cm³/mol. The second kappa shape index (κ2) is 5.14. The van der Waals surface area contributed by atoms with Gasteiger partial charge in [0.05, 0.1) is 0 Å². The average molecular weight is 232 g/mol. The van der Waals surface area contributed by atoms with Gasteiger partial charge in [0.2, 0.25) is 0 Å². The molecule has 0 saturated heterocycles. The first-order valence-corrected chi connectivity index (χ1v) is 6.16. The molecular weight excluding hydrogens is 216 g/mol. The van der Waals surface area contributed by atoms with Crippen LogP contribution in [0.1, 0.15) is 15.3 Å². The highest BCUT2D eigenvalue weighted by Gasteiger charge is 1.96. The Balaban J connectivity index is 1.82. The number of rotatable bonds is 4. The molecule has 1 aromatic heterocycles. The van der Waals surface area contributed by atoms with Crippen LogP contribution in [-0.2, 0) is 13.1 Å². The summed E-state index contributed by atoms with van der Waals surface area (Å²) in [6, 6.07) is 12.3. The molecule has 0 atom stereocenters. The van der Waals surface area contributed by atoms with E-state index in [1.807, 2.05) is 23.5 Å². The highest BCUT2D eigenvalue weighted by Crippen LogP contribution is 2.14. The normalized spacial score (nSPS) is 10.6. The van der Waals surface area contributed by atoms with Crippen molar-refractivity contribution < 1.29 is 0 Å². The maximum absolute atomic E-state index is 5.63. The van der Waals surface area contributed by atoms with Crippen molar-refractivity contribution in [3.05, 3.63) is 51.7 Å². The lowest BCUT2D eigenvalue weighted by molar-refractivity contribution is 0.701. The third kappa shape index (κ3) is 3.08. The molecule has 0 aliphatic heterocycles. The molecule has 1 aromatic carbocycles.